The number of hydrogen-bond donors (Lipinski definition) is 0. The Hall–Kier alpha value is -1.75. The summed E-state index contributed by atoms with van der Waals surface area (Å²) in [6, 6.07) is 5.90. The summed E-state index contributed by atoms with van der Waals surface area (Å²) in [7, 11) is 0. The molecule has 1 amide bonds. The molecule has 1 aliphatic heterocycles. The van der Waals surface area contributed by atoms with Gasteiger partial charge in [0, 0.05) is 35.8 Å². The van der Waals surface area contributed by atoms with E-state index in [2.05, 4.69) is 9.97 Å². The number of carbonyl (C=O) groups is 1. The molecule has 3 rings (SSSR count). The van der Waals surface area contributed by atoms with Gasteiger partial charge in [-0.25, -0.2) is 9.97 Å². The third-order valence-corrected chi connectivity index (χ3v) is 4.50. The number of hydrogen-bond acceptors (Lipinski definition) is 4. The van der Waals surface area contributed by atoms with Crippen LogP contribution in [0.25, 0.3) is 0 Å². The van der Waals surface area contributed by atoms with Crippen molar-refractivity contribution in [2.75, 3.05) is 13.1 Å². The van der Waals surface area contributed by atoms with E-state index in [-0.39, 0.29) is 11.8 Å². The number of aryl methyl sites for hydroxylation is 1. The van der Waals surface area contributed by atoms with Crippen molar-refractivity contribution in [3.63, 3.8) is 0 Å². The molecule has 104 valence electrons. The van der Waals surface area contributed by atoms with Crippen molar-refractivity contribution in [2.24, 2.45) is 0 Å². The van der Waals surface area contributed by atoms with Crippen molar-refractivity contribution in [1.82, 2.24) is 14.9 Å². The number of nitrogens with zero attached hydrogens (tertiary/aromatic N) is 3. The Bertz CT molecular complexity index is 597. The summed E-state index contributed by atoms with van der Waals surface area (Å²) in [5.74, 6) is 1.36. The van der Waals surface area contributed by atoms with Crippen LogP contribution in [-0.2, 0) is 11.2 Å². The highest BCUT2D eigenvalue weighted by Crippen LogP contribution is 2.25. The van der Waals surface area contributed by atoms with E-state index in [0.717, 1.165) is 35.9 Å². The molecule has 4 nitrogen and oxygen atoms in total. The zero-order valence-corrected chi connectivity index (χ0v) is 12.3. The van der Waals surface area contributed by atoms with Crippen LogP contribution in [0.1, 0.15) is 28.7 Å². The zero-order chi connectivity index (χ0) is 13.9. The number of carbonyl (C=O) groups excluding carboxylic acids is 1. The van der Waals surface area contributed by atoms with Gasteiger partial charge in [0.1, 0.15) is 5.82 Å². The van der Waals surface area contributed by atoms with Crippen LogP contribution in [0.15, 0.2) is 29.8 Å². The minimum atomic E-state index is 0.211. The van der Waals surface area contributed by atoms with Gasteiger partial charge in [0.25, 0.3) is 0 Å². The molecule has 3 heterocycles. The van der Waals surface area contributed by atoms with Gasteiger partial charge in [-0.1, -0.05) is 6.07 Å². The van der Waals surface area contributed by atoms with Crippen LogP contribution in [0.3, 0.4) is 0 Å². The fourth-order valence-corrected chi connectivity index (χ4v) is 3.23. The van der Waals surface area contributed by atoms with Crippen molar-refractivity contribution >= 4 is 17.2 Å². The van der Waals surface area contributed by atoms with E-state index in [1.807, 2.05) is 35.4 Å². The minimum Gasteiger partial charge on any atom is -0.342 e. The topological polar surface area (TPSA) is 46.1 Å². The number of likely N-dealkylation sites (tertiary alicyclic amines) is 1. The molecule has 0 bridgehead atoms. The van der Waals surface area contributed by atoms with E-state index < -0.39 is 0 Å². The third-order valence-electron chi connectivity index (χ3n) is 3.63. The first-order valence-corrected chi connectivity index (χ1v) is 7.70. The molecule has 1 fully saturated rings. The van der Waals surface area contributed by atoms with Gasteiger partial charge in [0.15, 0.2) is 0 Å². The van der Waals surface area contributed by atoms with Crippen LogP contribution >= 0.6 is 11.3 Å². The van der Waals surface area contributed by atoms with Crippen LogP contribution in [0.4, 0.5) is 0 Å². The van der Waals surface area contributed by atoms with Gasteiger partial charge < -0.3 is 4.90 Å². The molecule has 5 heteroatoms. The van der Waals surface area contributed by atoms with Gasteiger partial charge in [0.05, 0.1) is 6.42 Å². The fourth-order valence-electron chi connectivity index (χ4n) is 2.54. The summed E-state index contributed by atoms with van der Waals surface area (Å²) < 4.78 is 0. The molecule has 2 aromatic heterocycles. The molecular weight excluding hydrogens is 270 g/mol. The normalized spacial score (nSPS) is 18.4. The van der Waals surface area contributed by atoms with Crippen LogP contribution in [-0.4, -0.2) is 33.9 Å². The van der Waals surface area contributed by atoms with E-state index in [0.29, 0.717) is 6.42 Å². The lowest BCUT2D eigenvalue weighted by atomic mass is 10.1. The SMILES string of the molecule is Cc1ccnc(C2CCN(C(=O)Cc3cccs3)C2)n1. The standard InChI is InChI=1S/C15H17N3OS/c1-11-4-6-16-15(17-11)12-5-7-18(10-12)14(19)9-13-3-2-8-20-13/h2-4,6,8,12H,5,7,9-10H2,1H3. The van der Waals surface area contributed by atoms with Gasteiger partial charge in [-0.3, -0.25) is 4.79 Å². The molecule has 0 saturated carbocycles. The molecule has 2 aromatic rings. The van der Waals surface area contributed by atoms with Crippen molar-refractivity contribution in [3.8, 4) is 0 Å². The minimum absolute atomic E-state index is 0.211. The summed E-state index contributed by atoms with van der Waals surface area (Å²) in [4.78, 5) is 24.1. The van der Waals surface area contributed by atoms with E-state index in [9.17, 15) is 4.79 Å². The summed E-state index contributed by atoms with van der Waals surface area (Å²) in [6.07, 6.45) is 3.27. The van der Waals surface area contributed by atoms with Crippen molar-refractivity contribution in [2.45, 2.75) is 25.7 Å². The van der Waals surface area contributed by atoms with Crippen molar-refractivity contribution < 1.29 is 4.79 Å². The molecular formula is C15H17N3OS. The smallest absolute Gasteiger partial charge is 0.227 e. The predicted octanol–water partition coefficient (Wildman–Crippen LogP) is 2.41. The number of thiophene rings is 1. The number of amides is 1. The van der Waals surface area contributed by atoms with Crippen LogP contribution in [0, 0.1) is 6.92 Å². The lowest BCUT2D eigenvalue weighted by molar-refractivity contribution is -0.129. The molecule has 0 aromatic carbocycles. The Balaban J connectivity index is 1.63. The van der Waals surface area contributed by atoms with E-state index in [4.69, 9.17) is 0 Å². The lowest BCUT2D eigenvalue weighted by Gasteiger charge is -2.15. The van der Waals surface area contributed by atoms with E-state index >= 15 is 0 Å². The first-order valence-electron chi connectivity index (χ1n) is 6.82. The number of aromatic nitrogens is 2. The first-order chi connectivity index (χ1) is 9.72. The number of rotatable bonds is 3. The third kappa shape index (κ3) is 2.88. The average Bonchev–Trinajstić information content (AvgIpc) is 3.09. The predicted molar refractivity (Wildman–Crippen MR) is 78.7 cm³/mol. The molecule has 1 unspecified atom stereocenters. The van der Waals surface area contributed by atoms with Crippen molar-refractivity contribution in [3.05, 3.63) is 46.2 Å². The van der Waals surface area contributed by atoms with Gasteiger partial charge in [-0.05, 0) is 30.9 Å². The molecule has 1 atom stereocenters. The average molecular weight is 287 g/mol. The molecule has 1 saturated heterocycles. The van der Waals surface area contributed by atoms with Gasteiger partial charge in [0.2, 0.25) is 5.91 Å². The highest BCUT2D eigenvalue weighted by molar-refractivity contribution is 7.10. The molecule has 20 heavy (non-hydrogen) atoms. The summed E-state index contributed by atoms with van der Waals surface area (Å²) in [5, 5.41) is 2.01. The highest BCUT2D eigenvalue weighted by atomic mass is 32.1. The molecule has 0 N–H and O–H groups in total. The lowest BCUT2D eigenvalue weighted by Crippen LogP contribution is -2.29. The quantitative estimate of drug-likeness (QED) is 0.871. The molecule has 0 radical (unpaired) electrons. The van der Waals surface area contributed by atoms with Crippen LogP contribution in [0.5, 0.6) is 0 Å². The first kappa shape index (κ1) is 13.2. The second kappa shape index (κ2) is 5.71. The summed E-state index contributed by atoms with van der Waals surface area (Å²) in [6.45, 7) is 3.53. The maximum absolute atomic E-state index is 12.2. The van der Waals surface area contributed by atoms with E-state index in [1.54, 1.807) is 17.5 Å². The Kier molecular flexibility index (Phi) is 3.78. The van der Waals surface area contributed by atoms with Gasteiger partial charge in [-0.15, -0.1) is 11.3 Å². The Labute approximate surface area is 122 Å². The maximum Gasteiger partial charge on any atom is 0.227 e. The second-order valence-corrected chi connectivity index (χ2v) is 6.17. The fraction of sp³-hybridized carbons (Fsp3) is 0.400. The molecule has 1 aliphatic rings. The van der Waals surface area contributed by atoms with Gasteiger partial charge in [-0.2, -0.15) is 0 Å². The monoisotopic (exact) mass is 287 g/mol. The molecule has 0 spiro atoms. The van der Waals surface area contributed by atoms with Gasteiger partial charge >= 0.3 is 0 Å². The molecule has 0 aliphatic carbocycles. The Morgan fingerprint density at radius 1 is 1.50 bits per heavy atom. The highest BCUT2D eigenvalue weighted by Gasteiger charge is 2.29. The van der Waals surface area contributed by atoms with Crippen molar-refractivity contribution in [1.29, 1.82) is 0 Å². The maximum atomic E-state index is 12.2. The van der Waals surface area contributed by atoms with Crippen LogP contribution in [0.2, 0.25) is 0 Å². The second-order valence-electron chi connectivity index (χ2n) is 5.14. The Morgan fingerprint density at radius 2 is 2.40 bits per heavy atom. The van der Waals surface area contributed by atoms with Crippen LogP contribution < -0.4 is 0 Å². The summed E-state index contributed by atoms with van der Waals surface area (Å²) in [5.41, 5.74) is 0.985. The Morgan fingerprint density at radius 3 is 3.15 bits per heavy atom. The van der Waals surface area contributed by atoms with E-state index in [1.165, 1.54) is 0 Å². The largest absolute Gasteiger partial charge is 0.342 e. The zero-order valence-electron chi connectivity index (χ0n) is 11.5. The summed E-state index contributed by atoms with van der Waals surface area (Å²) >= 11 is 1.64.